The van der Waals surface area contributed by atoms with E-state index < -0.39 is 13.2 Å². The number of hydrogen-bond donors (Lipinski definition) is 0. The average molecular weight is 328 g/mol. The molecule has 0 N–H and O–H groups in total. The Labute approximate surface area is 141 Å². The molecule has 3 rings (SSSR count). The second-order valence-electron chi connectivity index (χ2n) is 6.85. The van der Waals surface area contributed by atoms with E-state index >= 15 is 0 Å². The summed E-state index contributed by atoms with van der Waals surface area (Å²) in [6.07, 6.45) is 4.02. The van der Waals surface area contributed by atoms with Gasteiger partial charge < -0.3 is 14.0 Å². The number of ether oxygens (including phenoxy) is 1. The van der Waals surface area contributed by atoms with E-state index in [0.717, 1.165) is 11.0 Å². The zero-order valence-corrected chi connectivity index (χ0v) is 14.4. The van der Waals surface area contributed by atoms with Crippen LogP contribution in [-0.4, -0.2) is 34.0 Å². The first-order valence-electron chi connectivity index (χ1n) is 7.88. The zero-order valence-electron chi connectivity index (χ0n) is 14.4. The predicted octanol–water partition coefficient (Wildman–Crippen LogP) is 2.37. The van der Waals surface area contributed by atoms with E-state index in [9.17, 15) is 4.79 Å². The van der Waals surface area contributed by atoms with Crippen LogP contribution in [0.15, 0.2) is 43.0 Å². The van der Waals surface area contributed by atoms with Crippen molar-refractivity contribution in [2.75, 3.05) is 0 Å². The van der Waals surface area contributed by atoms with E-state index in [1.165, 1.54) is 17.1 Å². The monoisotopic (exact) mass is 328 g/mol. The fourth-order valence-electron chi connectivity index (χ4n) is 2.34. The highest BCUT2D eigenvalue weighted by molar-refractivity contribution is 6.62. The maximum absolute atomic E-state index is 11.8. The number of carbonyl (C=O) groups is 1. The first kappa shape index (κ1) is 16.7. The van der Waals surface area contributed by atoms with Gasteiger partial charge in [0.25, 0.3) is 0 Å². The lowest BCUT2D eigenvalue weighted by atomic mass is 9.79. The summed E-state index contributed by atoms with van der Waals surface area (Å²) in [6.45, 7) is 8.29. The van der Waals surface area contributed by atoms with Crippen LogP contribution < -0.4 is 5.46 Å². The van der Waals surface area contributed by atoms with Gasteiger partial charge in [-0.2, -0.15) is 0 Å². The molecule has 2 aromatic rings. The molecule has 126 valence electrons. The quantitative estimate of drug-likeness (QED) is 0.810. The van der Waals surface area contributed by atoms with Crippen molar-refractivity contribution in [3.8, 4) is 0 Å². The van der Waals surface area contributed by atoms with Crippen LogP contribution in [0.3, 0.4) is 0 Å². The lowest BCUT2D eigenvalue weighted by molar-refractivity contribution is 0.00578. The van der Waals surface area contributed by atoms with E-state index in [4.69, 9.17) is 14.0 Å². The van der Waals surface area contributed by atoms with E-state index in [-0.39, 0.29) is 17.8 Å². The minimum absolute atomic E-state index is 0.195. The SMILES string of the molecule is CC1(C)OB(c2ccc(COC(=O)n3ccnc3)cc2)OC1(C)C. The molecule has 1 aromatic carbocycles. The number of hydrogen-bond acceptors (Lipinski definition) is 5. The summed E-state index contributed by atoms with van der Waals surface area (Å²) in [7, 11) is -0.391. The molecule has 0 unspecified atom stereocenters. The molecule has 0 spiro atoms. The summed E-state index contributed by atoms with van der Waals surface area (Å²) in [4.78, 5) is 15.6. The first-order chi connectivity index (χ1) is 11.3. The Balaban J connectivity index is 1.61. The van der Waals surface area contributed by atoms with E-state index in [1.54, 1.807) is 6.20 Å². The zero-order chi connectivity index (χ0) is 17.4. The maximum atomic E-state index is 11.8. The lowest BCUT2D eigenvalue weighted by Gasteiger charge is -2.32. The Morgan fingerprint density at radius 2 is 1.79 bits per heavy atom. The van der Waals surface area contributed by atoms with Gasteiger partial charge in [-0.05, 0) is 38.7 Å². The largest absolute Gasteiger partial charge is 0.494 e. The molecule has 2 heterocycles. The summed E-state index contributed by atoms with van der Waals surface area (Å²) in [6, 6.07) is 7.67. The maximum Gasteiger partial charge on any atom is 0.494 e. The fraction of sp³-hybridized carbons (Fsp3) is 0.412. The average Bonchev–Trinajstić information content (AvgIpc) is 3.12. The van der Waals surface area contributed by atoms with Crippen molar-refractivity contribution < 1.29 is 18.8 Å². The van der Waals surface area contributed by atoms with Crippen LogP contribution in [-0.2, 0) is 20.7 Å². The summed E-state index contributed by atoms with van der Waals surface area (Å²) in [5.41, 5.74) is 1.11. The summed E-state index contributed by atoms with van der Waals surface area (Å²) in [5, 5.41) is 0. The normalized spacial score (nSPS) is 18.6. The van der Waals surface area contributed by atoms with Crippen molar-refractivity contribution in [2.45, 2.75) is 45.5 Å². The third kappa shape index (κ3) is 3.23. The topological polar surface area (TPSA) is 62.6 Å². The van der Waals surface area contributed by atoms with E-state index in [0.29, 0.717) is 0 Å². The Hall–Kier alpha value is -2.12. The van der Waals surface area contributed by atoms with Crippen molar-refractivity contribution in [1.29, 1.82) is 0 Å². The van der Waals surface area contributed by atoms with Gasteiger partial charge in [0.2, 0.25) is 0 Å². The Kier molecular flexibility index (Phi) is 4.23. The van der Waals surface area contributed by atoms with Gasteiger partial charge in [0.15, 0.2) is 0 Å². The van der Waals surface area contributed by atoms with Gasteiger partial charge >= 0.3 is 13.2 Å². The minimum atomic E-state index is -0.456. The van der Waals surface area contributed by atoms with E-state index in [1.807, 2.05) is 52.0 Å². The first-order valence-corrected chi connectivity index (χ1v) is 7.88. The van der Waals surface area contributed by atoms with Gasteiger partial charge in [0.1, 0.15) is 12.9 Å². The molecule has 1 saturated heterocycles. The highest BCUT2D eigenvalue weighted by Crippen LogP contribution is 2.36. The molecule has 6 nitrogen and oxygen atoms in total. The minimum Gasteiger partial charge on any atom is -0.444 e. The van der Waals surface area contributed by atoms with Gasteiger partial charge in [0, 0.05) is 12.4 Å². The van der Waals surface area contributed by atoms with Gasteiger partial charge in [-0.15, -0.1) is 0 Å². The Morgan fingerprint density at radius 1 is 1.17 bits per heavy atom. The lowest BCUT2D eigenvalue weighted by Crippen LogP contribution is -2.41. The third-order valence-corrected chi connectivity index (χ3v) is 4.58. The molecule has 24 heavy (non-hydrogen) atoms. The number of carbonyl (C=O) groups excluding carboxylic acids is 1. The van der Waals surface area contributed by atoms with Crippen molar-refractivity contribution in [1.82, 2.24) is 9.55 Å². The molecule has 1 aromatic heterocycles. The summed E-state index contributed by atoms with van der Waals surface area (Å²) >= 11 is 0. The molecular formula is C17H21BN2O4. The smallest absolute Gasteiger partial charge is 0.444 e. The van der Waals surface area contributed by atoms with Crippen LogP contribution in [0.5, 0.6) is 0 Å². The fourth-order valence-corrected chi connectivity index (χ4v) is 2.34. The van der Waals surface area contributed by atoms with Crippen molar-refractivity contribution in [3.63, 3.8) is 0 Å². The van der Waals surface area contributed by atoms with Crippen LogP contribution in [0.2, 0.25) is 0 Å². The van der Waals surface area contributed by atoms with Crippen molar-refractivity contribution in [3.05, 3.63) is 48.5 Å². The molecule has 1 fully saturated rings. The molecule has 1 aliphatic heterocycles. The molecule has 7 heteroatoms. The van der Waals surface area contributed by atoms with Crippen LogP contribution in [0.4, 0.5) is 4.79 Å². The highest BCUT2D eigenvalue weighted by atomic mass is 16.7. The summed E-state index contributed by atoms with van der Waals surface area (Å²) < 4.78 is 18.6. The standard InChI is InChI=1S/C17H21BN2O4/c1-16(2)17(3,4)24-18(23-16)14-7-5-13(6-8-14)11-22-15(21)20-10-9-19-12-20/h5-10,12H,11H2,1-4H3. The Bertz CT molecular complexity index is 695. The van der Waals surface area contributed by atoms with Crippen LogP contribution in [0.25, 0.3) is 0 Å². The molecule has 0 atom stereocenters. The number of rotatable bonds is 3. The molecule has 0 amide bonds. The number of aromatic nitrogens is 2. The van der Waals surface area contributed by atoms with Crippen LogP contribution in [0, 0.1) is 0 Å². The Morgan fingerprint density at radius 3 is 2.33 bits per heavy atom. The number of benzene rings is 1. The predicted molar refractivity (Wildman–Crippen MR) is 90.0 cm³/mol. The second-order valence-corrected chi connectivity index (χ2v) is 6.85. The van der Waals surface area contributed by atoms with Gasteiger partial charge in [0.05, 0.1) is 11.2 Å². The van der Waals surface area contributed by atoms with Gasteiger partial charge in [-0.1, -0.05) is 24.3 Å². The second kappa shape index (κ2) is 6.07. The number of nitrogens with zero attached hydrogens (tertiary/aromatic N) is 2. The third-order valence-electron chi connectivity index (χ3n) is 4.58. The highest BCUT2D eigenvalue weighted by Gasteiger charge is 2.51. The molecule has 0 bridgehead atoms. The van der Waals surface area contributed by atoms with Crippen molar-refractivity contribution in [2.24, 2.45) is 0 Å². The molecule has 0 aliphatic carbocycles. The van der Waals surface area contributed by atoms with Crippen LogP contribution in [0.1, 0.15) is 33.3 Å². The molecule has 0 radical (unpaired) electrons. The molecular weight excluding hydrogens is 307 g/mol. The van der Waals surface area contributed by atoms with Gasteiger partial charge in [-0.3, -0.25) is 0 Å². The van der Waals surface area contributed by atoms with Crippen LogP contribution >= 0.6 is 0 Å². The van der Waals surface area contributed by atoms with Gasteiger partial charge in [-0.25, -0.2) is 14.3 Å². The summed E-state index contributed by atoms with van der Waals surface area (Å²) in [5.74, 6) is 0. The molecule has 0 saturated carbocycles. The molecule has 1 aliphatic rings. The van der Waals surface area contributed by atoms with Crippen molar-refractivity contribution >= 4 is 18.7 Å². The number of imidazole rings is 1. The van der Waals surface area contributed by atoms with E-state index in [2.05, 4.69) is 4.98 Å².